The van der Waals surface area contributed by atoms with E-state index in [0.717, 1.165) is 22.0 Å². The maximum absolute atomic E-state index is 12.1. The van der Waals surface area contributed by atoms with E-state index >= 15 is 0 Å². The van der Waals surface area contributed by atoms with Crippen LogP contribution in [0.3, 0.4) is 0 Å². The number of hydrogen-bond acceptors (Lipinski definition) is 1. The number of hydrogen-bond donors (Lipinski definition) is 1. The molecule has 18 heavy (non-hydrogen) atoms. The molecule has 1 amide bonds. The van der Waals surface area contributed by atoms with E-state index in [-0.39, 0.29) is 11.3 Å². The Kier molecular flexibility index (Phi) is 5.67. The first-order valence-electron chi connectivity index (χ1n) is 5.96. The quantitative estimate of drug-likeness (QED) is 0.807. The van der Waals surface area contributed by atoms with Crippen molar-refractivity contribution in [3.05, 3.63) is 33.8 Å². The number of nitrogens with one attached hydrogen (secondary N) is 1. The third kappa shape index (κ3) is 4.62. The maximum atomic E-state index is 12.1. The van der Waals surface area contributed by atoms with E-state index in [9.17, 15) is 4.79 Å². The van der Waals surface area contributed by atoms with Gasteiger partial charge in [0.1, 0.15) is 0 Å². The first kappa shape index (κ1) is 15.5. The van der Waals surface area contributed by atoms with Gasteiger partial charge in [-0.25, -0.2) is 0 Å². The fraction of sp³-hybridized carbons (Fsp3) is 0.500. The zero-order valence-corrected chi connectivity index (χ0v) is 13.4. The third-order valence-corrected chi connectivity index (χ3v) is 3.61. The molecule has 4 heteroatoms. The highest BCUT2D eigenvalue weighted by atomic mass is 79.9. The summed E-state index contributed by atoms with van der Waals surface area (Å²) in [4.78, 5) is 12.1. The van der Waals surface area contributed by atoms with Crippen molar-refractivity contribution in [3.8, 4) is 0 Å². The van der Waals surface area contributed by atoms with Crippen LogP contribution >= 0.6 is 27.5 Å². The average Bonchev–Trinajstić information content (AvgIpc) is 2.26. The van der Waals surface area contributed by atoms with E-state index in [4.69, 9.17) is 11.6 Å². The SMILES string of the molecule is Cc1cc(Br)ccc1C(=O)NCC(C)(C)CCCl. The Labute approximate surface area is 122 Å². The summed E-state index contributed by atoms with van der Waals surface area (Å²) in [6.45, 7) is 6.77. The van der Waals surface area contributed by atoms with Crippen molar-refractivity contribution in [3.63, 3.8) is 0 Å². The van der Waals surface area contributed by atoms with Crippen molar-refractivity contribution in [1.82, 2.24) is 5.32 Å². The molecule has 0 saturated heterocycles. The lowest BCUT2D eigenvalue weighted by atomic mass is 9.90. The molecule has 1 aromatic carbocycles. The summed E-state index contributed by atoms with van der Waals surface area (Å²) >= 11 is 9.13. The van der Waals surface area contributed by atoms with Crippen molar-refractivity contribution in [2.24, 2.45) is 5.41 Å². The number of alkyl halides is 1. The molecule has 0 atom stereocenters. The van der Waals surface area contributed by atoms with Crippen LogP contribution in [0.1, 0.15) is 36.2 Å². The van der Waals surface area contributed by atoms with Crippen molar-refractivity contribution in [2.75, 3.05) is 12.4 Å². The molecular formula is C14H19BrClNO. The summed E-state index contributed by atoms with van der Waals surface area (Å²) in [5.74, 6) is 0.586. The van der Waals surface area contributed by atoms with Crippen LogP contribution in [0.15, 0.2) is 22.7 Å². The molecule has 0 bridgehead atoms. The minimum atomic E-state index is -0.0253. The van der Waals surface area contributed by atoms with Gasteiger partial charge >= 0.3 is 0 Å². The summed E-state index contributed by atoms with van der Waals surface area (Å²) in [6, 6.07) is 5.66. The van der Waals surface area contributed by atoms with Crippen molar-refractivity contribution in [1.29, 1.82) is 0 Å². The molecule has 0 aliphatic heterocycles. The average molecular weight is 333 g/mol. The Morgan fingerprint density at radius 1 is 1.44 bits per heavy atom. The Morgan fingerprint density at radius 3 is 2.67 bits per heavy atom. The second kappa shape index (κ2) is 6.58. The molecule has 2 nitrogen and oxygen atoms in total. The monoisotopic (exact) mass is 331 g/mol. The molecule has 0 unspecified atom stereocenters. The molecule has 0 aliphatic rings. The Morgan fingerprint density at radius 2 is 2.11 bits per heavy atom. The summed E-state index contributed by atoms with van der Waals surface area (Å²) in [6.07, 6.45) is 0.883. The normalized spacial score (nSPS) is 11.4. The van der Waals surface area contributed by atoms with E-state index in [1.807, 2.05) is 25.1 Å². The molecule has 1 N–H and O–H groups in total. The second-order valence-electron chi connectivity index (χ2n) is 5.25. The van der Waals surface area contributed by atoms with Gasteiger partial charge in [-0.1, -0.05) is 29.8 Å². The van der Waals surface area contributed by atoms with Gasteiger partial charge in [-0.15, -0.1) is 11.6 Å². The van der Waals surface area contributed by atoms with Crippen LogP contribution < -0.4 is 5.32 Å². The maximum Gasteiger partial charge on any atom is 0.251 e. The minimum absolute atomic E-state index is 0.0253. The van der Waals surface area contributed by atoms with E-state index in [1.165, 1.54) is 0 Å². The van der Waals surface area contributed by atoms with Crippen LogP contribution in [-0.4, -0.2) is 18.3 Å². The lowest BCUT2D eigenvalue weighted by molar-refractivity contribution is 0.0935. The van der Waals surface area contributed by atoms with E-state index in [2.05, 4.69) is 35.1 Å². The highest BCUT2D eigenvalue weighted by Crippen LogP contribution is 2.20. The smallest absolute Gasteiger partial charge is 0.251 e. The molecule has 0 saturated carbocycles. The molecule has 0 fully saturated rings. The van der Waals surface area contributed by atoms with Gasteiger partial charge in [0.2, 0.25) is 0 Å². The Balaban J connectivity index is 2.66. The van der Waals surface area contributed by atoms with Crippen LogP contribution in [-0.2, 0) is 0 Å². The van der Waals surface area contributed by atoms with Crippen molar-refractivity contribution < 1.29 is 4.79 Å². The molecule has 0 aliphatic carbocycles. The number of rotatable bonds is 5. The molecule has 1 rings (SSSR count). The molecule has 0 aromatic heterocycles. The number of carbonyl (C=O) groups is 1. The molecule has 0 spiro atoms. The number of amides is 1. The lowest BCUT2D eigenvalue weighted by Crippen LogP contribution is -2.34. The van der Waals surface area contributed by atoms with Crippen molar-refractivity contribution >= 4 is 33.4 Å². The van der Waals surface area contributed by atoms with E-state index in [1.54, 1.807) is 0 Å². The number of benzene rings is 1. The molecule has 1 aromatic rings. The van der Waals surface area contributed by atoms with Gasteiger partial charge in [-0.05, 0) is 42.5 Å². The number of carbonyl (C=O) groups excluding carboxylic acids is 1. The van der Waals surface area contributed by atoms with Gasteiger partial charge in [0.25, 0.3) is 5.91 Å². The standard InChI is InChI=1S/C14H19BrClNO/c1-10-8-11(15)4-5-12(10)13(18)17-9-14(2,3)6-7-16/h4-5,8H,6-7,9H2,1-3H3,(H,17,18). The largest absolute Gasteiger partial charge is 0.351 e. The van der Waals surface area contributed by atoms with E-state index < -0.39 is 0 Å². The fourth-order valence-electron chi connectivity index (χ4n) is 1.64. The van der Waals surface area contributed by atoms with E-state index in [0.29, 0.717) is 12.4 Å². The molecular weight excluding hydrogens is 314 g/mol. The van der Waals surface area contributed by atoms with Crippen LogP contribution in [0.25, 0.3) is 0 Å². The molecule has 100 valence electrons. The van der Waals surface area contributed by atoms with Gasteiger partial charge in [-0.3, -0.25) is 4.79 Å². The van der Waals surface area contributed by atoms with Gasteiger partial charge in [0.15, 0.2) is 0 Å². The Bertz CT molecular complexity index is 432. The first-order valence-corrected chi connectivity index (χ1v) is 7.29. The first-order chi connectivity index (χ1) is 8.35. The van der Waals surface area contributed by atoms with Gasteiger partial charge < -0.3 is 5.32 Å². The molecule has 0 heterocycles. The summed E-state index contributed by atoms with van der Waals surface area (Å²) in [5.41, 5.74) is 1.72. The third-order valence-electron chi connectivity index (χ3n) is 2.93. The van der Waals surface area contributed by atoms with Crippen LogP contribution in [0.2, 0.25) is 0 Å². The van der Waals surface area contributed by atoms with Gasteiger partial charge in [0.05, 0.1) is 0 Å². The summed E-state index contributed by atoms with van der Waals surface area (Å²) in [5, 5.41) is 2.97. The van der Waals surface area contributed by atoms with Gasteiger partial charge in [-0.2, -0.15) is 0 Å². The number of halogens is 2. The Hall–Kier alpha value is -0.540. The number of aryl methyl sites for hydroxylation is 1. The topological polar surface area (TPSA) is 29.1 Å². The van der Waals surface area contributed by atoms with Gasteiger partial charge in [0, 0.05) is 22.5 Å². The highest BCUT2D eigenvalue weighted by Gasteiger charge is 2.19. The van der Waals surface area contributed by atoms with Crippen LogP contribution in [0.5, 0.6) is 0 Å². The molecule has 0 radical (unpaired) electrons. The van der Waals surface area contributed by atoms with Crippen LogP contribution in [0.4, 0.5) is 0 Å². The predicted octanol–water partition coefficient (Wildman–Crippen LogP) is 4.14. The minimum Gasteiger partial charge on any atom is -0.351 e. The van der Waals surface area contributed by atoms with Crippen molar-refractivity contribution in [2.45, 2.75) is 27.2 Å². The summed E-state index contributed by atoms with van der Waals surface area (Å²) < 4.78 is 0.985. The predicted molar refractivity (Wildman–Crippen MR) is 80.3 cm³/mol. The summed E-state index contributed by atoms with van der Waals surface area (Å²) in [7, 11) is 0. The zero-order valence-electron chi connectivity index (χ0n) is 11.0. The van der Waals surface area contributed by atoms with Crippen LogP contribution in [0, 0.1) is 12.3 Å². The fourth-order valence-corrected chi connectivity index (χ4v) is 2.63. The second-order valence-corrected chi connectivity index (χ2v) is 6.54. The lowest BCUT2D eigenvalue weighted by Gasteiger charge is -2.24. The zero-order chi connectivity index (χ0) is 13.8. The highest BCUT2D eigenvalue weighted by molar-refractivity contribution is 9.10.